The van der Waals surface area contributed by atoms with Crippen LogP contribution in [0.1, 0.15) is 27.2 Å². The number of pyridine rings is 1. The molecule has 1 rings (SSSR count). The highest BCUT2D eigenvalue weighted by Gasteiger charge is 2.20. The molecule has 21 heavy (non-hydrogen) atoms. The first-order chi connectivity index (χ1) is 9.90. The monoisotopic (exact) mass is 379 g/mol. The molecule has 0 aliphatic rings. The summed E-state index contributed by atoms with van der Waals surface area (Å²) in [6.45, 7) is 7.12. The van der Waals surface area contributed by atoms with Crippen LogP contribution >= 0.6 is 15.9 Å². The van der Waals surface area contributed by atoms with Gasteiger partial charge in [0.25, 0.3) is 0 Å². The smallest absolute Gasteiger partial charge is 0.244 e. The molecule has 0 saturated carbocycles. The van der Waals surface area contributed by atoms with Gasteiger partial charge in [-0.3, -0.25) is 0 Å². The standard InChI is InChI=1S/C13H22BrN3O3S/c1-4-6-15-13-12(7-11(14)9-16-13)21(18,19)17-8-10(3)20-5-2/h7,9-10,17H,4-6,8H2,1-3H3,(H,15,16). The third-order valence-electron chi connectivity index (χ3n) is 2.66. The normalized spacial score (nSPS) is 13.1. The number of aromatic nitrogens is 1. The summed E-state index contributed by atoms with van der Waals surface area (Å²) in [5.41, 5.74) is 0. The maximum atomic E-state index is 12.4. The van der Waals surface area contributed by atoms with E-state index < -0.39 is 10.0 Å². The van der Waals surface area contributed by atoms with Crippen molar-refractivity contribution in [3.8, 4) is 0 Å². The minimum absolute atomic E-state index is 0.133. The van der Waals surface area contributed by atoms with Gasteiger partial charge in [0.05, 0.1) is 6.10 Å². The van der Waals surface area contributed by atoms with Crippen LogP contribution in [0.5, 0.6) is 0 Å². The first-order valence-corrected chi connectivity index (χ1v) is 9.19. The summed E-state index contributed by atoms with van der Waals surface area (Å²) < 4.78 is 33.3. The van der Waals surface area contributed by atoms with Gasteiger partial charge in [-0.25, -0.2) is 18.1 Å². The summed E-state index contributed by atoms with van der Waals surface area (Å²) in [4.78, 5) is 4.27. The van der Waals surface area contributed by atoms with E-state index in [9.17, 15) is 8.42 Å². The maximum Gasteiger partial charge on any atom is 0.244 e. The van der Waals surface area contributed by atoms with Gasteiger partial charge in [0, 0.05) is 30.4 Å². The largest absolute Gasteiger partial charge is 0.377 e. The van der Waals surface area contributed by atoms with Gasteiger partial charge in [0.2, 0.25) is 10.0 Å². The highest BCUT2D eigenvalue weighted by molar-refractivity contribution is 9.10. The molecular weight excluding hydrogens is 358 g/mol. The number of sulfonamides is 1. The minimum Gasteiger partial charge on any atom is -0.377 e. The molecule has 0 aliphatic heterocycles. The third-order valence-corrected chi connectivity index (χ3v) is 4.53. The summed E-state index contributed by atoms with van der Waals surface area (Å²) in [6.07, 6.45) is 2.27. The SMILES string of the molecule is CCCNc1ncc(Br)cc1S(=O)(=O)NCC(C)OCC. The highest BCUT2D eigenvalue weighted by atomic mass is 79.9. The lowest BCUT2D eigenvalue weighted by Crippen LogP contribution is -2.32. The third kappa shape index (κ3) is 5.90. The molecule has 0 aliphatic carbocycles. The number of nitrogens with zero attached hydrogens (tertiary/aromatic N) is 1. The molecule has 0 amide bonds. The Balaban J connectivity index is 2.92. The Morgan fingerprint density at radius 1 is 1.43 bits per heavy atom. The Kier molecular flexibility index (Phi) is 7.58. The van der Waals surface area contributed by atoms with Gasteiger partial charge in [0.1, 0.15) is 10.7 Å². The molecule has 1 aromatic heterocycles. The molecular formula is C13H22BrN3O3S. The molecule has 1 atom stereocenters. The first kappa shape index (κ1) is 18.3. The highest BCUT2D eigenvalue weighted by Crippen LogP contribution is 2.22. The van der Waals surface area contributed by atoms with Crippen molar-refractivity contribution in [2.24, 2.45) is 0 Å². The quantitative estimate of drug-likeness (QED) is 0.688. The van der Waals surface area contributed by atoms with Crippen molar-refractivity contribution < 1.29 is 13.2 Å². The second kappa shape index (κ2) is 8.67. The van der Waals surface area contributed by atoms with Crippen LogP contribution in [0.4, 0.5) is 5.82 Å². The van der Waals surface area contributed by atoms with E-state index in [1.54, 1.807) is 12.3 Å². The number of halogens is 1. The molecule has 1 unspecified atom stereocenters. The summed E-state index contributed by atoms with van der Waals surface area (Å²) in [5.74, 6) is 0.358. The van der Waals surface area contributed by atoms with Gasteiger partial charge in [-0.2, -0.15) is 0 Å². The van der Waals surface area contributed by atoms with Gasteiger partial charge in [-0.1, -0.05) is 6.92 Å². The van der Waals surface area contributed by atoms with Crippen molar-refractivity contribution in [2.45, 2.75) is 38.2 Å². The van der Waals surface area contributed by atoms with E-state index in [0.29, 0.717) is 23.4 Å². The number of hydrogen-bond donors (Lipinski definition) is 2. The van der Waals surface area contributed by atoms with Crippen LogP contribution in [-0.4, -0.2) is 39.2 Å². The fourth-order valence-corrected chi connectivity index (χ4v) is 3.40. The molecule has 0 saturated heterocycles. The van der Waals surface area contributed by atoms with Gasteiger partial charge in [0.15, 0.2) is 0 Å². The molecule has 1 heterocycles. The predicted octanol–water partition coefficient (Wildman–Crippen LogP) is 2.37. The van der Waals surface area contributed by atoms with Crippen LogP contribution in [0.3, 0.4) is 0 Å². The molecule has 1 aromatic rings. The maximum absolute atomic E-state index is 12.4. The average Bonchev–Trinajstić information content (AvgIpc) is 2.44. The number of hydrogen-bond acceptors (Lipinski definition) is 5. The van der Waals surface area contributed by atoms with Gasteiger partial charge in [-0.15, -0.1) is 0 Å². The molecule has 0 radical (unpaired) electrons. The second-order valence-electron chi connectivity index (χ2n) is 4.54. The van der Waals surface area contributed by atoms with E-state index in [2.05, 4.69) is 31.0 Å². The Bertz CT molecular complexity index is 552. The Morgan fingerprint density at radius 3 is 2.76 bits per heavy atom. The van der Waals surface area contributed by atoms with Crippen LogP contribution in [0.2, 0.25) is 0 Å². The molecule has 0 bridgehead atoms. The molecule has 120 valence electrons. The molecule has 8 heteroatoms. The van der Waals surface area contributed by atoms with Crippen molar-refractivity contribution in [2.75, 3.05) is 25.0 Å². The topological polar surface area (TPSA) is 80.3 Å². The molecule has 2 N–H and O–H groups in total. The van der Waals surface area contributed by atoms with E-state index >= 15 is 0 Å². The van der Waals surface area contributed by atoms with E-state index in [4.69, 9.17) is 4.74 Å². The zero-order valence-corrected chi connectivity index (χ0v) is 14.9. The minimum atomic E-state index is -3.64. The number of anilines is 1. The number of rotatable bonds is 9. The van der Waals surface area contributed by atoms with Crippen LogP contribution < -0.4 is 10.0 Å². The lowest BCUT2D eigenvalue weighted by Gasteiger charge is -2.15. The Hall–Kier alpha value is -0.700. The van der Waals surface area contributed by atoms with Crippen molar-refractivity contribution in [1.82, 2.24) is 9.71 Å². The van der Waals surface area contributed by atoms with Gasteiger partial charge in [-0.05, 0) is 42.3 Å². The van der Waals surface area contributed by atoms with E-state index in [0.717, 1.165) is 6.42 Å². The van der Waals surface area contributed by atoms with Crippen molar-refractivity contribution >= 4 is 31.8 Å². The summed E-state index contributed by atoms with van der Waals surface area (Å²) in [6, 6.07) is 1.54. The van der Waals surface area contributed by atoms with Crippen LogP contribution in [0.25, 0.3) is 0 Å². The van der Waals surface area contributed by atoms with Gasteiger partial charge < -0.3 is 10.1 Å². The zero-order chi connectivity index (χ0) is 15.9. The lowest BCUT2D eigenvalue weighted by atomic mass is 10.4. The predicted molar refractivity (Wildman–Crippen MR) is 87.0 cm³/mol. The fourth-order valence-electron chi connectivity index (χ4n) is 1.65. The number of nitrogens with one attached hydrogen (secondary N) is 2. The van der Waals surface area contributed by atoms with Crippen molar-refractivity contribution in [3.63, 3.8) is 0 Å². The fraction of sp³-hybridized carbons (Fsp3) is 0.615. The summed E-state index contributed by atoms with van der Waals surface area (Å²) in [7, 11) is -3.64. The summed E-state index contributed by atoms with van der Waals surface area (Å²) in [5, 5.41) is 3.03. The number of ether oxygens (including phenoxy) is 1. The molecule has 6 nitrogen and oxygen atoms in total. The lowest BCUT2D eigenvalue weighted by molar-refractivity contribution is 0.0799. The summed E-state index contributed by atoms with van der Waals surface area (Å²) >= 11 is 3.25. The first-order valence-electron chi connectivity index (χ1n) is 6.91. The Morgan fingerprint density at radius 2 is 2.14 bits per heavy atom. The average molecular weight is 380 g/mol. The van der Waals surface area contributed by atoms with Crippen LogP contribution in [0, 0.1) is 0 Å². The van der Waals surface area contributed by atoms with E-state index in [1.165, 1.54) is 0 Å². The van der Waals surface area contributed by atoms with Crippen LogP contribution in [0.15, 0.2) is 21.6 Å². The van der Waals surface area contributed by atoms with E-state index in [-0.39, 0.29) is 17.5 Å². The Labute approximate surface area is 134 Å². The van der Waals surface area contributed by atoms with Gasteiger partial charge >= 0.3 is 0 Å². The van der Waals surface area contributed by atoms with Crippen molar-refractivity contribution in [3.05, 3.63) is 16.7 Å². The van der Waals surface area contributed by atoms with Crippen LogP contribution in [-0.2, 0) is 14.8 Å². The molecule has 0 aromatic carbocycles. The van der Waals surface area contributed by atoms with Crippen molar-refractivity contribution in [1.29, 1.82) is 0 Å². The van der Waals surface area contributed by atoms with E-state index in [1.807, 2.05) is 20.8 Å². The zero-order valence-electron chi connectivity index (χ0n) is 12.5. The molecule has 0 fully saturated rings. The molecule has 0 spiro atoms. The second-order valence-corrected chi connectivity index (χ2v) is 7.20.